The van der Waals surface area contributed by atoms with Crippen LogP contribution in [0.4, 0.5) is 14.5 Å². The Labute approximate surface area is 226 Å². The number of hydrogen-bond acceptors (Lipinski definition) is 8. The molecule has 0 aliphatic carbocycles. The number of nitrogens with two attached hydrogens (primary N) is 3. The van der Waals surface area contributed by atoms with Crippen molar-refractivity contribution in [3.63, 3.8) is 0 Å². The molecule has 0 saturated carbocycles. The molecule has 0 amide bonds. The van der Waals surface area contributed by atoms with Gasteiger partial charge in [-0.25, -0.2) is 18.1 Å². The van der Waals surface area contributed by atoms with Crippen LogP contribution in [0.2, 0.25) is 0 Å². The fourth-order valence-electron chi connectivity index (χ4n) is 4.12. The van der Waals surface area contributed by atoms with Crippen LogP contribution >= 0.6 is 11.3 Å². The molecule has 204 valence electrons. The third-order valence-corrected chi connectivity index (χ3v) is 7.31. The number of benzene rings is 2. The van der Waals surface area contributed by atoms with Crippen LogP contribution in [-0.2, 0) is 17.8 Å². The molecule has 0 aliphatic rings. The summed E-state index contributed by atoms with van der Waals surface area (Å²) in [5, 5.41) is 0.205. The van der Waals surface area contributed by atoms with E-state index >= 15 is 0 Å². The number of anilines is 1. The van der Waals surface area contributed by atoms with Gasteiger partial charge < -0.3 is 26.8 Å². The highest BCUT2D eigenvalue weighted by Gasteiger charge is 2.25. The van der Waals surface area contributed by atoms with Crippen molar-refractivity contribution in [3.8, 4) is 10.4 Å². The number of nitrogen functional groups attached to an aromatic ring is 1. The van der Waals surface area contributed by atoms with E-state index in [4.69, 9.17) is 21.9 Å². The van der Waals surface area contributed by atoms with E-state index in [2.05, 4.69) is 0 Å². The fraction of sp³-hybridized carbons (Fsp3) is 0.185. The molecule has 2 heterocycles. The van der Waals surface area contributed by atoms with E-state index in [1.54, 1.807) is 12.1 Å². The van der Waals surface area contributed by atoms with Gasteiger partial charge in [0.15, 0.2) is 5.88 Å². The van der Waals surface area contributed by atoms with Crippen LogP contribution in [0.1, 0.15) is 11.1 Å². The third-order valence-electron chi connectivity index (χ3n) is 6.01. The largest absolute Gasteiger partial charge is 0.483 e. The molecule has 0 atom stereocenters. The first-order valence-corrected chi connectivity index (χ1v) is 12.6. The summed E-state index contributed by atoms with van der Waals surface area (Å²) in [5.74, 6) is -1.90. The third kappa shape index (κ3) is 5.42. The lowest BCUT2D eigenvalue weighted by atomic mass is 10.1. The lowest BCUT2D eigenvalue weighted by Gasteiger charge is -2.15. The standard InChI is InChI=1S/C27H28F2N6O3S/c1-33(2)13-18-23-25(36)35(21(31)11-12-22(32)38-3)27(37)34(14-17-19(28)5-4-6-20(17)29)26(23)39-24(18)15-7-9-16(30)10-8-15/h4-12H,13-14,30-32H2,1-3H3/b21-11+,22-12+. The molecule has 4 aromatic rings. The molecule has 2 aromatic heterocycles. The van der Waals surface area contributed by atoms with Crippen LogP contribution < -0.4 is 28.5 Å². The fourth-order valence-corrected chi connectivity index (χ4v) is 5.42. The molecule has 0 spiro atoms. The number of methoxy groups -OCH3 is 1. The van der Waals surface area contributed by atoms with Gasteiger partial charge in [-0.1, -0.05) is 18.2 Å². The highest BCUT2D eigenvalue weighted by Crippen LogP contribution is 2.38. The van der Waals surface area contributed by atoms with Gasteiger partial charge in [-0.2, -0.15) is 0 Å². The van der Waals surface area contributed by atoms with Gasteiger partial charge in [0.1, 0.15) is 22.3 Å². The van der Waals surface area contributed by atoms with Crippen LogP contribution in [0.3, 0.4) is 0 Å². The van der Waals surface area contributed by atoms with Crippen molar-refractivity contribution in [2.45, 2.75) is 13.1 Å². The molecule has 0 saturated heterocycles. The van der Waals surface area contributed by atoms with E-state index in [1.165, 1.54) is 36.7 Å². The SMILES string of the molecule is CO/C(N)=C/C=C(\N)n1c(=O)c2c(CN(C)C)c(-c3ccc(N)cc3)sc2n(Cc2c(F)cccc2F)c1=O. The average Bonchev–Trinajstić information content (AvgIpc) is 3.25. The first-order valence-electron chi connectivity index (χ1n) is 11.8. The summed E-state index contributed by atoms with van der Waals surface area (Å²) >= 11 is 1.18. The minimum absolute atomic E-state index is 0.00435. The summed E-state index contributed by atoms with van der Waals surface area (Å²) in [6.45, 7) is -0.137. The Balaban J connectivity index is 2.13. The summed E-state index contributed by atoms with van der Waals surface area (Å²) in [6.07, 6.45) is 2.54. The maximum Gasteiger partial charge on any atom is 0.338 e. The van der Waals surface area contributed by atoms with E-state index in [1.807, 2.05) is 31.1 Å². The lowest BCUT2D eigenvalue weighted by molar-refractivity contribution is 0.287. The van der Waals surface area contributed by atoms with Crippen molar-refractivity contribution in [3.05, 3.63) is 104 Å². The molecule has 6 N–H and O–H groups in total. The van der Waals surface area contributed by atoms with Crippen molar-refractivity contribution in [1.82, 2.24) is 14.0 Å². The zero-order valence-corrected chi connectivity index (χ0v) is 22.4. The Bertz CT molecular complexity index is 1700. The summed E-state index contributed by atoms with van der Waals surface area (Å²) in [7, 11) is 5.03. The number of fused-ring (bicyclic) bond motifs is 1. The van der Waals surface area contributed by atoms with E-state index < -0.39 is 29.4 Å². The van der Waals surface area contributed by atoms with Crippen molar-refractivity contribution in [2.75, 3.05) is 26.9 Å². The minimum atomic E-state index is -0.866. The number of thiophene rings is 1. The monoisotopic (exact) mass is 554 g/mol. The van der Waals surface area contributed by atoms with E-state index in [-0.39, 0.29) is 27.5 Å². The number of hydrogen-bond donors (Lipinski definition) is 3. The second-order valence-corrected chi connectivity index (χ2v) is 10.0. The van der Waals surface area contributed by atoms with Crippen LogP contribution in [0, 0.1) is 11.6 Å². The van der Waals surface area contributed by atoms with Gasteiger partial charge in [0.25, 0.3) is 5.56 Å². The van der Waals surface area contributed by atoms with Crippen LogP contribution in [-0.4, -0.2) is 35.2 Å². The van der Waals surface area contributed by atoms with Gasteiger partial charge in [0.05, 0.1) is 19.0 Å². The van der Waals surface area contributed by atoms with Crippen LogP contribution in [0.5, 0.6) is 0 Å². The molecule has 12 heteroatoms. The predicted octanol–water partition coefficient (Wildman–Crippen LogP) is 3.07. The molecular weight excluding hydrogens is 526 g/mol. The van der Waals surface area contributed by atoms with Crippen molar-refractivity contribution in [1.29, 1.82) is 0 Å². The molecule has 0 unspecified atom stereocenters. The lowest BCUT2D eigenvalue weighted by Crippen LogP contribution is -2.41. The van der Waals surface area contributed by atoms with Gasteiger partial charge in [0.2, 0.25) is 0 Å². The Morgan fingerprint density at radius 1 is 1.03 bits per heavy atom. The van der Waals surface area contributed by atoms with E-state index in [0.29, 0.717) is 22.7 Å². The van der Waals surface area contributed by atoms with Crippen molar-refractivity contribution in [2.24, 2.45) is 11.5 Å². The van der Waals surface area contributed by atoms with Crippen molar-refractivity contribution >= 4 is 33.1 Å². The second-order valence-electron chi connectivity index (χ2n) is 9.02. The van der Waals surface area contributed by atoms with Gasteiger partial charge in [-0.15, -0.1) is 11.3 Å². The molecule has 0 bridgehead atoms. The van der Waals surface area contributed by atoms with E-state index in [0.717, 1.165) is 26.8 Å². The molecule has 2 aromatic carbocycles. The number of nitrogens with zero attached hydrogens (tertiary/aromatic N) is 3. The van der Waals surface area contributed by atoms with Gasteiger partial charge in [-0.3, -0.25) is 9.36 Å². The summed E-state index contributed by atoms with van der Waals surface area (Å²) < 4.78 is 36.2. The Kier molecular flexibility index (Phi) is 7.88. The van der Waals surface area contributed by atoms with Crippen LogP contribution in [0.25, 0.3) is 26.5 Å². The van der Waals surface area contributed by atoms with Gasteiger partial charge in [-0.05, 0) is 55.6 Å². The molecule has 0 aliphatic heterocycles. The number of allylic oxidation sites excluding steroid dienone is 2. The summed E-state index contributed by atoms with van der Waals surface area (Å²) in [6, 6.07) is 10.5. The Morgan fingerprint density at radius 2 is 1.67 bits per heavy atom. The molecule has 9 nitrogen and oxygen atoms in total. The maximum atomic E-state index is 14.7. The zero-order valence-electron chi connectivity index (χ0n) is 21.6. The molecule has 4 rings (SSSR count). The highest BCUT2D eigenvalue weighted by molar-refractivity contribution is 7.22. The van der Waals surface area contributed by atoms with Crippen molar-refractivity contribution < 1.29 is 13.5 Å². The molecule has 0 fully saturated rings. The number of rotatable bonds is 8. The minimum Gasteiger partial charge on any atom is -0.483 e. The van der Waals surface area contributed by atoms with Gasteiger partial charge >= 0.3 is 5.69 Å². The normalized spacial score (nSPS) is 12.5. The number of aromatic nitrogens is 2. The number of ether oxygens (including phenoxy) is 1. The molecular formula is C27H28F2N6O3S. The molecule has 0 radical (unpaired) electrons. The summed E-state index contributed by atoms with van der Waals surface area (Å²) in [5.41, 5.74) is 17.8. The first kappa shape index (κ1) is 27.6. The van der Waals surface area contributed by atoms with Crippen LogP contribution in [0.15, 0.2) is 70.1 Å². The molecule has 39 heavy (non-hydrogen) atoms. The highest BCUT2D eigenvalue weighted by atomic mass is 32.1. The number of halogens is 2. The summed E-state index contributed by atoms with van der Waals surface area (Å²) in [4.78, 5) is 30.5. The predicted molar refractivity (Wildman–Crippen MR) is 151 cm³/mol. The average molecular weight is 555 g/mol. The quantitative estimate of drug-likeness (QED) is 0.173. The Hall–Kier alpha value is -4.42. The smallest absolute Gasteiger partial charge is 0.338 e. The Morgan fingerprint density at radius 3 is 2.26 bits per heavy atom. The maximum absolute atomic E-state index is 14.7. The zero-order chi connectivity index (χ0) is 28.4. The first-order chi connectivity index (χ1) is 18.5. The topological polar surface area (TPSA) is 135 Å². The van der Waals surface area contributed by atoms with Gasteiger partial charge in [0, 0.05) is 28.7 Å². The second kappa shape index (κ2) is 11.1. The van der Waals surface area contributed by atoms with E-state index in [9.17, 15) is 18.4 Å².